The van der Waals surface area contributed by atoms with E-state index in [2.05, 4.69) is 12.1 Å². The molecule has 0 radical (unpaired) electrons. The molecule has 68 heavy (non-hydrogen) atoms. The molecule has 9 rings (SSSR count). The standard InChI is InChI=1S/C63H62N3O.Pt/c1-39-21-22-45(31-40(39)2)46-29-30-64-55(36-46)49-34-47(42-17-14-13-15-18-42)33-48(35-49)52-19-16-20-57-58(52)65-60(53-37-51(62(7,8)9)38-54(59(53)67)63(10,11)12)66(57)56-28-25-44(32-41(56)3)43-23-26-50(27-24-43)61(4,5)6;/h13-34,36-38,67H,1-12H3;/q-1;/i3D3,7D3,8D3,9D3,10D3,11D3,12D3;. The molecular weight excluding hydrogens is 1010 g/mol. The van der Waals surface area contributed by atoms with E-state index in [1.165, 1.54) is 22.8 Å². The fraction of sp³-hybridized carbons (Fsp3) is 0.238. The molecule has 0 spiro atoms. The summed E-state index contributed by atoms with van der Waals surface area (Å²) in [5.74, 6) is -2.16. The summed E-state index contributed by atoms with van der Waals surface area (Å²) in [6.45, 7) is -18.0. The van der Waals surface area contributed by atoms with Gasteiger partial charge < -0.3 is 5.11 Å². The van der Waals surface area contributed by atoms with Gasteiger partial charge in [0.25, 0.3) is 0 Å². The number of imidazole rings is 1. The molecule has 346 valence electrons. The predicted molar refractivity (Wildman–Crippen MR) is 282 cm³/mol. The fourth-order valence-electron chi connectivity index (χ4n) is 8.45. The predicted octanol–water partition coefficient (Wildman–Crippen LogP) is 16.7. The maximum absolute atomic E-state index is 13.1. The maximum atomic E-state index is 13.1. The van der Waals surface area contributed by atoms with Crippen LogP contribution in [0.2, 0.25) is 0 Å². The summed E-state index contributed by atoms with van der Waals surface area (Å²) in [5, 5.41) is 13.1. The number of pyridine rings is 1. The number of phenols is 1. The Bertz CT molecular complexity index is 4060. The third kappa shape index (κ3) is 9.41. The van der Waals surface area contributed by atoms with Gasteiger partial charge in [-0.1, -0.05) is 182 Å². The number of nitrogens with zero attached hydrogens (tertiary/aromatic N) is 3. The summed E-state index contributed by atoms with van der Waals surface area (Å²) in [4.78, 5) is 9.84. The minimum absolute atomic E-state index is 0. The van der Waals surface area contributed by atoms with Crippen LogP contribution in [-0.4, -0.2) is 19.6 Å². The first kappa shape index (κ1) is 28.2. The zero-order valence-electron chi connectivity index (χ0n) is 59.0. The number of hydrogen-bond acceptors (Lipinski definition) is 3. The molecule has 0 unspecified atom stereocenters. The molecule has 0 atom stereocenters. The molecule has 0 saturated carbocycles. The van der Waals surface area contributed by atoms with Crippen molar-refractivity contribution < 1.29 is 55.0 Å². The summed E-state index contributed by atoms with van der Waals surface area (Å²) in [6, 6.07) is 43.8. The van der Waals surface area contributed by atoms with Gasteiger partial charge in [-0.15, -0.1) is 23.8 Å². The van der Waals surface area contributed by atoms with E-state index in [1.54, 1.807) is 30.5 Å². The number of fused-ring (bicyclic) bond motifs is 1. The topological polar surface area (TPSA) is 50.9 Å². The SMILES string of the molecule is [2H]C([2H])([2H])c1cc(-c2ccc(C(C)(C)C)cc2)ccc1-n1c(-c2cc(C(C([2H])([2H])[2H])(C([2H])([2H])[2H])C([2H])([2H])[2H])cc(C(C([2H])([2H])[2H])(C([2H])([2H])[2H])C([2H])([2H])[2H])c2O)nc2c(-c3[c-]c(-c4cc(-c5ccc(C)c(C)c5)ccn4)cc(-c4ccccc4)c3)cccc21.[Pt]. The summed E-state index contributed by atoms with van der Waals surface area (Å²) in [6.07, 6.45) is 1.67. The zero-order chi connectivity index (χ0) is 65.1. The molecular formula is C63H62N3OPt-. The normalized spacial score (nSPS) is 17.9. The van der Waals surface area contributed by atoms with E-state index in [0.29, 0.717) is 39.6 Å². The number of hydrogen-bond donors (Lipinski definition) is 1. The van der Waals surface area contributed by atoms with Crippen LogP contribution in [0.3, 0.4) is 0 Å². The molecule has 0 bridgehead atoms. The Labute approximate surface area is 448 Å². The second-order valence-corrected chi connectivity index (χ2v) is 18.2. The quantitative estimate of drug-likeness (QED) is 0.162. The van der Waals surface area contributed by atoms with E-state index in [-0.39, 0.29) is 60.4 Å². The van der Waals surface area contributed by atoms with E-state index < -0.39 is 87.1 Å². The van der Waals surface area contributed by atoms with Crippen molar-refractivity contribution in [2.24, 2.45) is 0 Å². The maximum Gasteiger partial charge on any atom is 0.148 e. The van der Waals surface area contributed by atoms with E-state index in [9.17, 15) is 5.11 Å². The molecule has 1 N–H and O–H groups in total. The van der Waals surface area contributed by atoms with E-state index in [1.807, 2.05) is 120 Å². The van der Waals surface area contributed by atoms with Gasteiger partial charge in [0.2, 0.25) is 0 Å². The minimum atomic E-state index is -4.24. The van der Waals surface area contributed by atoms with Crippen molar-refractivity contribution in [3.8, 4) is 78.6 Å². The monoisotopic (exact) mass is 1090 g/mol. The second-order valence-electron chi connectivity index (χ2n) is 18.2. The number of para-hydroxylation sites is 1. The van der Waals surface area contributed by atoms with Gasteiger partial charge in [0.1, 0.15) is 11.6 Å². The third-order valence-electron chi connectivity index (χ3n) is 12.3. The number of aromatic hydroxyl groups is 1. The Morgan fingerprint density at radius 1 is 0.544 bits per heavy atom. The Kier molecular flexibility index (Phi) is 7.58. The van der Waals surface area contributed by atoms with E-state index in [4.69, 9.17) is 38.8 Å². The van der Waals surface area contributed by atoms with Gasteiger partial charge in [0.05, 0.1) is 22.3 Å². The molecule has 2 heterocycles. The van der Waals surface area contributed by atoms with Crippen molar-refractivity contribution in [1.82, 2.24) is 14.5 Å². The minimum Gasteiger partial charge on any atom is -0.507 e. The molecule has 4 nitrogen and oxygen atoms in total. The number of aryl methyl sites for hydroxylation is 3. The van der Waals surface area contributed by atoms with Gasteiger partial charge in [-0.3, -0.25) is 9.55 Å². The summed E-state index contributed by atoms with van der Waals surface area (Å²) >= 11 is 0. The van der Waals surface area contributed by atoms with Crippen molar-refractivity contribution in [3.05, 3.63) is 191 Å². The van der Waals surface area contributed by atoms with Gasteiger partial charge in [0.15, 0.2) is 0 Å². The molecule has 9 aromatic rings. The van der Waals surface area contributed by atoms with Crippen molar-refractivity contribution in [3.63, 3.8) is 0 Å². The van der Waals surface area contributed by atoms with Crippen LogP contribution in [0.25, 0.3) is 83.9 Å². The molecule has 2 aromatic heterocycles. The molecule has 0 fully saturated rings. The number of rotatable bonds is 7. The van der Waals surface area contributed by atoms with Crippen molar-refractivity contribution >= 4 is 11.0 Å². The molecule has 5 heteroatoms. The van der Waals surface area contributed by atoms with Crippen molar-refractivity contribution in [2.45, 2.75) is 98.8 Å². The summed E-state index contributed by atoms with van der Waals surface area (Å²) in [5.41, 5.74) is -4.12. The Hall–Kier alpha value is -6.35. The van der Waals surface area contributed by atoms with E-state index >= 15 is 0 Å². The number of benzene rings is 7. The molecule has 7 aromatic carbocycles. The van der Waals surface area contributed by atoms with Crippen LogP contribution in [-0.2, 0) is 37.3 Å². The van der Waals surface area contributed by atoms with Crippen LogP contribution in [0.1, 0.15) is 124 Å². The second kappa shape index (κ2) is 18.3. The first-order valence-electron chi connectivity index (χ1n) is 32.3. The van der Waals surface area contributed by atoms with Gasteiger partial charge in [-0.05, 0) is 123 Å². The molecule has 0 saturated heterocycles. The first-order valence-corrected chi connectivity index (χ1v) is 21.8. The molecule has 0 aliphatic rings. The average Bonchev–Trinajstić information content (AvgIpc) is 1.36. The van der Waals surface area contributed by atoms with Gasteiger partial charge >= 0.3 is 0 Å². The number of aromatic nitrogens is 3. The Balaban J connectivity index is 0.0000102. The zero-order valence-corrected chi connectivity index (χ0v) is 40.3. The van der Waals surface area contributed by atoms with Crippen molar-refractivity contribution in [1.29, 1.82) is 0 Å². The Morgan fingerprint density at radius 3 is 1.91 bits per heavy atom. The average molecular weight is 1090 g/mol. The van der Waals surface area contributed by atoms with Crippen LogP contribution < -0.4 is 0 Å². The smallest absolute Gasteiger partial charge is 0.148 e. The first-order chi connectivity index (χ1) is 40.5. The number of phenolic OH excluding ortho intramolecular Hbond substituents is 1. The van der Waals surface area contributed by atoms with Crippen molar-refractivity contribution in [2.75, 3.05) is 0 Å². The van der Waals surface area contributed by atoms with Crippen LogP contribution in [0, 0.1) is 26.8 Å². The van der Waals surface area contributed by atoms with Crippen LogP contribution in [0.4, 0.5) is 0 Å². The fourth-order valence-corrected chi connectivity index (χ4v) is 8.45. The molecule has 0 aliphatic heterocycles. The van der Waals surface area contributed by atoms with Gasteiger partial charge in [-0.25, -0.2) is 4.98 Å². The Morgan fingerprint density at radius 2 is 1.21 bits per heavy atom. The molecule has 0 aliphatic carbocycles. The van der Waals surface area contributed by atoms with Gasteiger partial charge in [0, 0.05) is 67.3 Å². The van der Waals surface area contributed by atoms with Crippen LogP contribution in [0.5, 0.6) is 5.75 Å². The summed E-state index contributed by atoms with van der Waals surface area (Å²) in [7, 11) is 0. The summed E-state index contributed by atoms with van der Waals surface area (Å²) < 4.78 is 187. The molecule has 0 amide bonds. The van der Waals surface area contributed by atoms with Crippen LogP contribution in [0.15, 0.2) is 152 Å². The van der Waals surface area contributed by atoms with Crippen LogP contribution >= 0.6 is 0 Å². The van der Waals surface area contributed by atoms with Gasteiger partial charge in [-0.2, -0.15) is 0 Å². The third-order valence-corrected chi connectivity index (χ3v) is 12.3. The van der Waals surface area contributed by atoms with E-state index in [0.717, 1.165) is 33.4 Å². The largest absolute Gasteiger partial charge is 0.507 e.